The van der Waals surface area contributed by atoms with Crippen molar-refractivity contribution in [2.24, 2.45) is 0 Å². The molecule has 0 bridgehead atoms. The molecular weight excluding hydrogens is 392 g/mol. The van der Waals surface area contributed by atoms with Crippen molar-refractivity contribution in [3.8, 4) is 0 Å². The minimum atomic E-state index is -1.39. The third-order valence-electron chi connectivity index (χ3n) is 5.47. The number of rotatable bonds is 4. The van der Waals surface area contributed by atoms with Crippen LogP contribution in [0.25, 0.3) is 23.1 Å². The number of aliphatic hydroxyl groups is 1. The first kappa shape index (κ1) is 20.8. The van der Waals surface area contributed by atoms with Gasteiger partial charge in [-0.25, -0.2) is 0 Å². The molecule has 2 N–H and O–H groups in total. The first-order valence-corrected chi connectivity index (χ1v) is 10.4. The minimum Gasteiger partial charge on any atom is -0.381 e. The Labute approximate surface area is 181 Å². The Morgan fingerprint density at radius 1 is 0.968 bits per heavy atom. The number of H-pyrrole nitrogens is 1. The molecule has 0 radical (unpaired) electrons. The van der Waals surface area contributed by atoms with Gasteiger partial charge in [0.1, 0.15) is 5.60 Å². The molecule has 4 rings (SSSR count). The van der Waals surface area contributed by atoms with Crippen LogP contribution < -0.4 is 0 Å². The van der Waals surface area contributed by atoms with Crippen molar-refractivity contribution in [3.63, 3.8) is 0 Å². The summed E-state index contributed by atoms with van der Waals surface area (Å²) in [5, 5.41) is 18.3. The second kappa shape index (κ2) is 8.35. The lowest BCUT2D eigenvalue weighted by atomic mass is 10.1. The summed E-state index contributed by atoms with van der Waals surface area (Å²) in [7, 11) is 0. The van der Waals surface area contributed by atoms with Crippen LogP contribution in [0, 0.1) is 0 Å². The number of nitrogens with zero attached hydrogens (tertiary/aromatic N) is 3. The average molecular weight is 418 g/mol. The number of amides is 2. The predicted octanol–water partition coefficient (Wildman–Crippen LogP) is 2.79. The van der Waals surface area contributed by atoms with Crippen molar-refractivity contribution < 1.29 is 14.7 Å². The van der Waals surface area contributed by atoms with Crippen LogP contribution in [-0.4, -0.2) is 68.7 Å². The first-order chi connectivity index (χ1) is 14.8. The smallest absolute Gasteiger partial charge is 0.254 e. The van der Waals surface area contributed by atoms with Crippen LogP contribution >= 0.6 is 0 Å². The number of benzene rings is 2. The SMILES string of the molecule is CC(C)(O)C(=O)N1CCN(C(=O)c2ccc(/C=C/c3n[nH]c4ccccc34)cc2)CC1. The zero-order chi connectivity index (χ0) is 22.0. The van der Waals surface area contributed by atoms with E-state index in [1.807, 2.05) is 60.7 Å². The largest absolute Gasteiger partial charge is 0.381 e. The van der Waals surface area contributed by atoms with E-state index in [9.17, 15) is 14.7 Å². The summed E-state index contributed by atoms with van der Waals surface area (Å²) in [4.78, 5) is 28.4. The summed E-state index contributed by atoms with van der Waals surface area (Å²) in [6.07, 6.45) is 3.92. The van der Waals surface area contributed by atoms with Crippen molar-refractivity contribution in [2.45, 2.75) is 19.4 Å². The highest BCUT2D eigenvalue weighted by molar-refractivity contribution is 5.95. The van der Waals surface area contributed by atoms with Crippen molar-refractivity contribution in [1.82, 2.24) is 20.0 Å². The van der Waals surface area contributed by atoms with Crippen LogP contribution in [-0.2, 0) is 4.79 Å². The van der Waals surface area contributed by atoms with Crippen LogP contribution in [0.2, 0.25) is 0 Å². The summed E-state index contributed by atoms with van der Waals surface area (Å²) in [5.74, 6) is -0.357. The standard InChI is InChI=1S/C24H26N4O3/c1-24(2,31)23(30)28-15-13-27(14-16-28)22(29)18-10-7-17(8-11-18)9-12-21-19-5-3-4-6-20(19)25-26-21/h3-12,31H,13-16H2,1-2H3,(H,25,26)/b12-9+. The minimum absolute atomic E-state index is 0.0517. The third kappa shape index (κ3) is 4.51. The van der Waals surface area contributed by atoms with E-state index in [0.29, 0.717) is 31.7 Å². The highest BCUT2D eigenvalue weighted by atomic mass is 16.3. The highest BCUT2D eigenvalue weighted by Crippen LogP contribution is 2.18. The Bertz CT molecular complexity index is 1120. The van der Waals surface area contributed by atoms with Gasteiger partial charge < -0.3 is 14.9 Å². The number of piperazine rings is 1. The zero-order valence-corrected chi connectivity index (χ0v) is 17.7. The molecule has 3 aromatic rings. The third-order valence-corrected chi connectivity index (χ3v) is 5.47. The Balaban J connectivity index is 1.38. The van der Waals surface area contributed by atoms with Gasteiger partial charge in [-0.15, -0.1) is 0 Å². The van der Waals surface area contributed by atoms with E-state index in [1.54, 1.807) is 9.80 Å². The fourth-order valence-electron chi connectivity index (χ4n) is 3.71. The molecule has 160 valence electrons. The lowest BCUT2D eigenvalue weighted by Crippen LogP contribution is -2.55. The molecule has 2 heterocycles. The van der Waals surface area contributed by atoms with Gasteiger partial charge >= 0.3 is 0 Å². The van der Waals surface area contributed by atoms with Crippen LogP contribution in [0.15, 0.2) is 48.5 Å². The van der Waals surface area contributed by atoms with E-state index in [1.165, 1.54) is 13.8 Å². The van der Waals surface area contributed by atoms with Crippen molar-refractivity contribution >= 4 is 34.9 Å². The van der Waals surface area contributed by atoms with Gasteiger partial charge in [-0.2, -0.15) is 5.10 Å². The molecule has 1 aliphatic heterocycles. The van der Waals surface area contributed by atoms with Gasteiger partial charge in [0.05, 0.1) is 11.2 Å². The number of para-hydroxylation sites is 1. The Morgan fingerprint density at radius 3 is 2.29 bits per heavy atom. The van der Waals surface area contributed by atoms with Gasteiger partial charge in [0.25, 0.3) is 11.8 Å². The Morgan fingerprint density at radius 2 is 1.61 bits per heavy atom. The van der Waals surface area contributed by atoms with Crippen LogP contribution in [0.5, 0.6) is 0 Å². The molecular formula is C24H26N4O3. The van der Waals surface area contributed by atoms with Gasteiger partial charge in [-0.05, 0) is 43.7 Å². The van der Waals surface area contributed by atoms with Gasteiger partial charge in [0.2, 0.25) is 0 Å². The zero-order valence-electron chi connectivity index (χ0n) is 17.7. The highest BCUT2D eigenvalue weighted by Gasteiger charge is 2.32. The molecule has 0 unspecified atom stereocenters. The number of carbonyl (C=O) groups is 2. The fourth-order valence-corrected chi connectivity index (χ4v) is 3.71. The van der Waals surface area contributed by atoms with Crippen LogP contribution in [0.4, 0.5) is 0 Å². The molecule has 1 saturated heterocycles. The molecule has 1 aromatic heterocycles. The second-order valence-electron chi connectivity index (χ2n) is 8.25. The Kier molecular flexibility index (Phi) is 5.61. The van der Waals surface area contributed by atoms with E-state index in [-0.39, 0.29) is 11.8 Å². The molecule has 31 heavy (non-hydrogen) atoms. The number of fused-ring (bicyclic) bond motifs is 1. The number of carbonyl (C=O) groups excluding carboxylic acids is 2. The summed E-state index contributed by atoms with van der Waals surface area (Å²) >= 11 is 0. The molecule has 2 amide bonds. The van der Waals surface area contributed by atoms with Gasteiger partial charge in [-0.3, -0.25) is 14.7 Å². The number of hydrogen-bond donors (Lipinski definition) is 2. The van der Waals surface area contributed by atoms with E-state index in [4.69, 9.17) is 0 Å². The van der Waals surface area contributed by atoms with E-state index < -0.39 is 5.60 Å². The summed E-state index contributed by atoms with van der Waals surface area (Å²) in [5.41, 5.74) is 2.06. The molecule has 7 heteroatoms. The van der Waals surface area contributed by atoms with Crippen molar-refractivity contribution in [3.05, 3.63) is 65.4 Å². The predicted molar refractivity (Wildman–Crippen MR) is 120 cm³/mol. The molecule has 1 fully saturated rings. The van der Waals surface area contributed by atoms with Crippen molar-refractivity contribution in [2.75, 3.05) is 26.2 Å². The number of aromatic nitrogens is 2. The molecule has 0 saturated carbocycles. The molecule has 0 spiro atoms. The summed E-state index contributed by atoms with van der Waals surface area (Å²) in [6, 6.07) is 15.4. The lowest BCUT2D eigenvalue weighted by molar-refractivity contribution is -0.149. The molecule has 0 atom stereocenters. The van der Waals surface area contributed by atoms with Gasteiger partial charge in [0, 0.05) is 37.1 Å². The van der Waals surface area contributed by atoms with Gasteiger partial charge in [0.15, 0.2) is 0 Å². The number of nitrogens with one attached hydrogen (secondary N) is 1. The Hall–Kier alpha value is -3.45. The van der Waals surface area contributed by atoms with Crippen LogP contribution in [0.1, 0.15) is 35.5 Å². The fraction of sp³-hybridized carbons (Fsp3) is 0.292. The molecule has 7 nitrogen and oxygen atoms in total. The average Bonchev–Trinajstić information content (AvgIpc) is 3.20. The monoisotopic (exact) mass is 418 g/mol. The van der Waals surface area contributed by atoms with Crippen LogP contribution in [0.3, 0.4) is 0 Å². The lowest BCUT2D eigenvalue weighted by Gasteiger charge is -2.37. The number of hydrogen-bond acceptors (Lipinski definition) is 4. The van der Waals surface area contributed by atoms with Crippen molar-refractivity contribution in [1.29, 1.82) is 0 Å². The quantitative estimate of drug-likeness (QED) is 0.682. The summed E-state index contributed by atoms with van der Waals surface area (Å²) in [6.45, 7) is 4.72. The second-order valence-corrected chi connectivity index (χ2v) is 8.25. The van der Waals surface area contributed by atoms with Gasteiger partial charge in [-0.1, -0.05) is 36.4 Å². The van der Waals surface area contributed by atoms with E-state index in [0.717, 1.165) is 22.2 Å². The maximum absolute atomic E-state index is 12.8. The normalized spacial score (nSPS) is 15.1. The number of aromatic amines is 1. The molecule has 0 aliphatic carbocycles. The molecule has 1 aliphatic rings. The maximum Gasteiger partial charge on any atom is 0.254 e. The van der Waals surface area contributed by atoms with E-state index in [2.05, 4.69) is 10.2 Å². The molecule has 2 aromatic carbocycles. The topological polar surface area (TPSA) is 89.5 Å². The maximum atomic E-state index is 12.8. The first-order valence-electron chi connectivity index (χ1n) is 10.4. The summed E-state index contributed by atoms with van der Waals surface area (Å²) < 4.78 is 0. The van der Waals surface area contributed by atoms with E-state index >= 15 is 0 Å².